The van der Waals surface area contributed by atoms with Gasteiger partial charge in [0.25, 0.3) is 0 Å². The highest BCUT2D eigenvalue weighted by atomic mass is 16.5. The molecule has 2 aromatic carbocycles. The first-order chi connectivity index (χ1) is 10.3. The van der Waals surface area contributed by atoms with E-state index in [9.17, 15) is 0 Å². The molecule has 0 aromatic heterocycles. The van der Waals surface area contributed by atoms with Gasteiger partial charge in [0.15, 0.2) is 0 Å². The minimum absolute atomic E-state index is 0.467. The molecule has 2 heteroatoms. The lowest BCUT2D eigenvalue weighted by atomic mass is 10.0. The minimum atomic E-state index is 0.467. The molecule has 2 aromatic rings. The molecule has 2 fully saturated rings. The van der Waals surface area contributed by atoms with Gasteiger partial charge in [-0.1, -0.05) is 24.3 Å². The normalized spacial score (nSPS) is 17.5. The standard InChI is InChI=1S/C19H20O2/c1-5-16(20-18-9-10-18)6-2-14(1)13-15-3-7-17(8-4-15)21-19-11-12-19/h1-8,18-19H,9-13H2. The van der Waals surface area contributed by atoms with Crippen LogP contribution >= 0.6 is 0 Å². The second-order valence-electron chi connectivity index (χ2n) is 6.10. The third kappa shape index (κ3) is 3.57. The Balaban J connectivity index is 1.37. The summed E-state index contributed by atoms with van der Waals surface area (Å²) in [5.41, 5.74) is 2.63. The van der Waals surface area contributed by atoms with E-state index in [2.05, 4.69) is 48.5 Å². The molecule has 0 unspecified atom stereocenters. The third-order valence-corrected chi connectivity index (χ3v) is 3.91. The number of rotatable bonds is 6. The largest absolute Gasteiger partial charge is 0.490 e. The van der Waals surface area contributed by atoms with Gasteiger partial charge in [0.05, 0.1) is 12.2 Å². The van der Waals surface area contributed by atoms with Crippen molar-refractivity contribution in [1.82, 2.24) is 0 Å². The molecular weight excluding hydrogens is 260 g/mol. The lowest BCUT2D eigenvalue weighted by Gasteiger charge is -2.07. The van der Waals surface area contributed by atoms with Crippen molar-refractivity contribution >= 4 is 0 Å². The molecular formula is C19H20O2. The van der Waals surface area contributed by atoms with Crippen molar-refractivity contribution in [3.63, 3.8) is 0 Å². The van der Waals surface area contributed by atoms with Crippen molar-refractivity contribution in [1.29, 1.82) is 0 Å². The van der Waals surface area contributed by atoms with Gasteiger partial charge in [-0.05, 0) is 67.5 Å². The van der Waals surface area contributed by atoms with E-state index in [-0.39, 0.29) is 0 Å². The van der Waals surface area contributed by atoms with Gasteiger partial charge in [0.2, 0.25) is 0 Å². The summed E-state index contributed by atoms with van der Waals surface area (Å²) in [5.74, 6) is 1.99. The van der Waals surface area contributed by atoms with E-state index < -0.39 is 0 Å². The zero-order chi connectivity index (χ0) is 14.1. The van der Waals surface area contributed by atoms with Crippen LogP contribution in [-0.4, -0.2) is 12.2 Å². The number of hydrogen-bond donors (Lipinski definition) is 0. The Morgan fingerprint density at radius 2 is 1.00 bits per heavy atom. The first-order valence-electron chi connectivity index (χ1n) is 7.86. The van der Waals surface area contributed by atoms with E-state index >= 15 is 0 Å². The predicted octanol–water partition coefficient (Wildman–Crippen LogP) is 4.36. The Morgan fingerprint density at radius 3 is 1.33 bits per heavy atom. The molecule has 4 rings (SSSR count). The summed E-state index contributed by atoms with van der Waals surface area (Å²) >= 11 is 0. The highest BCUT2D eigenvalue weighted by molar-refractivity contribution is 5.34. The third-order valence-electron chi connectivity index (χ3n) is 3.91. The van der Waals surface area contributed by atoms with Crippen molar-refractivity contribution < 1.29 is 9.47 Å². The van der Waals surface area contributed by atoms with E-state index in [0.29, 0.717) is 12.2 Å². The number of ether oxygens (including phenoxy) is 2. The Kier molecular flexibility index (Phi) is 3.30. The van der Waals surface area contributed by atoms with E-state index in [1.54, 1.807) is 0 Å². The van der Waals surface area contributed by atoms with Gasteiger partial charge in [-0.15, -0.1) is 0 Å². The first-order valence-corrected chi connectivity index (χ1v) is 7.86. The van der Waals surface area contributed by atoms with Crippen LogP contribution in [-0.2, 0) is 6.42 Å². The first kappa shape index (κ1) is 12.8. The zero-order valence-electron chi connectivity index (χ0n) is 12.1. The summed E-state index contributed by atoms with van der Waals surface area (Å²) in [7, 11) is 0. The molecule has 0 amide bonds. The molecule has 0 bridgehead atoms. The van der Waals surface area contributed by atoms with E-state index in [1.807, 2.05) is 0 Å². The summed E-state index contributed by atoms with van der Waals surface area (Å²) in [6.07, 6.45) is 6.71. The van der Waals surface area contributed by atoms with Crippen LogP contribution in [0.15, 0.2) is 48.5 Å². The molecule has 2 nitrogen and oxygen atoms in total. The fourth-order valence-corrected chi connectivity index (χ4v) is 2.36. The molecule has 21 heavy (non-hydrogen) atoms. The molecule has 0 saturated heterocycles. The van der Waals surface area contributed by atoms with Gasteiger partial charge in [-0.2, -0.15) is 0 Å². The van der Waals surface area contributed by atoms with Crippen LogP contribution in [0.1, 0.15) is 36.8 Å². The Morgan fingerprint density at radius 1 is 0.619 bits per heavy atom. The lowest BCUT2D eigenvalue weighted by Crippen LogP contribution is -1.97. The lowest BCUT2D eigenvalue weighted by molar-refractivity contribution is 0.303. The minimum Gasteiger partial charge on any atom is -0.490 e. The van der Waals surface area contributed by atoms with Crippen LogP contribution in [0.3, 0.4) is 0 Å². The van der Waals surface area contributed by atoms with Gasteiger partial charge in [-0.3, -0.25) is 0 Å². The second-order valence-corrected chi connectivity index (χ2v) is 6.10. The average Bonchev–Trinajstić information content (AvgIpc) is 3.40. The predicted molar refractivity (Wildman–Crippen MR) is 83.0 cm³/mol. The molecule has 0 atom stereocenters. The monoisotopic (exact) mass is 280 g/mol. The van der Waals surface area contributed by atoms with Crippen LogP contribution in [0, 0.1) is 0 Å². The molecule has 108 valence electrons. The fourth-order valence-electron chi connectivity index (χ4n) is 2.36. The number of benzene rings is 2. The molecule has 0 spiro atoms. The molecule has 0 N–H and O–H groups in total. The molecule has 0 heterocycles. The van der Waals surface area contributed by atoms with Crippen LogP contribution in [0.4, 0.5) is 0 Å². The fraction of sp³-hybridized carbons (Fsp3) is 0.368. The van der Waals surface area contributed by atoms with Crippen molar-refractivity contribution in [3.8, 4) is 11.5 Å². The van der Waals surface area contributed by atoms with Gasteiger partial charge in [0.1, 0.15) is 11.5 Å². The van der Waals surface area contributed by atoms with Gasteiger partial charge in [-0.25, -0.2) is 0 Å². The van der Waals surface area contributed by atoms with Crippen LogP contribution in [0.5, 0.6) is 11.5 Å². The number of hydrogen-bond acceptors (Lipinski definition) is 2. The maximum absolute atomic E-state index is 5.77. The van der Waals surface area contributed by atoms with Crippen LogP contribution < -0.4 is 9.47 Å². The maximum Gasteiger partial charge on any atom is 0.119 e. The molecule has 2 saturated carbocycles. The second kappa shape index (κ2) is 5.44. The summed E-state index contributed by atoms with van der Waals surface area (Å²) in [6.45, 7) is 0. The quantitative estimate of drug-likeness (QED) is 0.782. The SMILES string of the molecule is c1cc(OC2CC2)ccc1Cc1ccc(OC2CC2)cc1. The summed E-state index contributed by atoms with van der Waals surface area (Å²) in [4.78, 5) is 0. The van der Waals surface area contributed by atoms with Gasteiger partial charge in [0, 0.05) is 0 Å². The topological polar surface area (TPSA) is 18.5 Å². The van der Waals surface area contributed by atoms with E-state index in [4.69, 9.17) is 9.47 Å². The van der Waals surface area contributed by atoms with E-state index in [0.717, 1.165) is 17.9 Å². The molecule has 2 aliphatic rings. The van der Waals surface area contributed by atoms with Crippen molar-refractivity contribution in [2.45, 2.75) is 44.3 Å². The molecule has 2 aliphatic carbocycles. The maximum atomic E-state index is 5.77. The summed E-state index contributed by atoms with van der Waals surface area (Å²) in [5, 5.41) is 0. The van der Waals surface area contributed by atoms with E-state index in [1.165, 1.54) is 36.8 Å². The Bertz CT molecular complexity index is 537. The van der Waals surface area contributed by atoms with Gasteiger partial charge < -0.3 is 9.47 Å². The van der Waals surface area contributed by atoms with Crippen LogP contribution in [0.2, 0.25) is 0 Å². The molecule has 0 radical (unpaired) electrons. The summed E-state index contributed by atoms with van der Waals surface area (Å²) < 4.78 is 11.5. The van der Waals surface area contributed by atoms with Crippen molar-refractivity contribution in [3.05, 3.63) is 59.7 Å². The summed E-state index contributed by atoms with van der Waals surface area (Å²) in [6, 6.07) is 17.0. The van der Waals surface area contributed by atoms with Crippen molar-refractivity contribution in [2.24, 2.45) is 0 Å². The van der Waals surface area contributed by atoms with Crippen molar-refractivity contribution in [2.75, 3.05) is 0 Å². The smallest absolute Gasteiger partial charge is 0.119 e. The molecule has 0 aliphatic heterocycles. The van der Waals surface area contributed by atoms with Gasteiger partial charge >= 0.3 is 0 Å². The zero-order valence-corrected chi connectivity index (χ0v) is 12.1. The Hall–Kier alpha value is -1.96. The highest BCUT2D eigenvalue weighted by Gasteiger charge is 2.23. The highest BCUT2D eigenvalue weighted by Crippen LogP contribution is 2.28. The Labute approximate surface area is 125 Å². The average molecular weight is 280 g/mol. The van der Waals surface area contributed by atoms with Crippen LogP contribution in [0.25, 0.3) is 0 Å².